The third kappa shape index (κ3) is 3.43. The van der Waals surface area contributed by atoms with Gasteiger partial charge in [-0.15, -0.1) is 0 Å². The van der Waals surface area contributed by atoms with Gasteiger partial charge in [0.25, 0.3) is 5.91 Å². The van der Waals surface area contributed by atoms with Gasteiger partial charge in [0.15, 0.2) is 0 Å². The Bertz CT molecular complexity index is 972. The molecule has 2 amide bonds. The van der Waals surface area contributed by atoms with E-state index < -0.39 is 0 Å². The summed E-state index contributed by atoms with van der Waals surface area (Å²) >= 11 is 6.62. The average Bonchev–Trinajstić information content (AvgIpc) is 3.37. The molecule has 6 heteroatoms. The SMILES string of the molecule is Cc1cc(C2CC2)cc2c(Cl)c(C(=O)N3CCC(=O)N(C4CCCC4)CC3)oc12. The Morgan fingerprint density at radius 1 is 1.10 bits per heavy atom. The Balaban J connectivity index is 1.40. The molecular formula is C23H27ClN2O3. The lowest BCUT2D eigenvalue weighted by molar-refractivity contribution is -0.132. The monoisotopic (exact) mass is 414 g/mol. The zero-order valence-electron chi connectivity index (χ0n) is 16.9. The zero-order chi connectivity index (χ0) is 20.1. The fraction of sp³-hybridized carbons (Fsp3) is 0.565. The van der Waals surface area contributed by atoms with Gasteiger partial charge in [-0.3, -0.25) is 9.59 Å². The van der Waals surface area contributed by atoms with Crippen LogP contribution in [-0.4, -0.2) is 47.3 Å². The largest absolute Gasteiger partial charge is 0.449 e. The van der Waals surface area contributed by atoms with Gasteiger partial charge in [-0.05, 0) is 55.7 Å². The highest BCUT2D eigenvalue weighted by Crippen LogP contribution is 2.43. The minimum Gasteiger partial charge on any atom is -0.449 e. The van der Waals surface area contributed by atoms with Gasteiger partial charge in [0, 0.05) is 37.5 Å². The van der Waals surface area contributed by atoms with Crippen molar-refractivity contribution in [1.82, 2.24) is 9.80 Å². The molecule has 0 bridgehead atoms. The van der Waals surface area contributed by atoms with Crippen molar-refractivity contribution in [3.8, 4) is 0 Å². The van der Waals surface area contributed by atoms with Crippen molar-refractivity contribution in [2.75, 3.05) is 19.6 Å². The van der Waals surface area contributed by atoms with Crippen LogP contribution in [0, 0.1) is 6.92 Å². The van der Waals surface area contributed by atoms with Crippen LogP contribution < -0.4 is 0 Å². The van der Waals surface area contributed by atoms with Crippen LogP contribution in [0.2, 0.25) is 5.02 Å². The number of amides is 2. The number of fused-ring (bicyclic) bond motifs is 1. The number of hydrogen-bond donors (Lipinski definition) is 0. The lowest BCUT2D eigenvalue weighted by Gasteiger charge is -2.27. The number of nitrogens with zero attached hydrogens (tertiary/aromatic N) is 2. The molecule has 29 heavy (non-hydrogen) atoms. The Kier molecular flexibility index (Phi) is 4.81. The second-order valence-electron chi connectivity index (χ2n) is 8.80. The van der Waals surface area contributed by atoms with Crippen LogP contribution in [0.3, 0.4) is 0 Å². The molecule has 1 aliphatic heterocycles. The molecule has 0 N–H and O–H groups in total. The molecule has 2 aromatic rings. The molecule has 154 valence electrons. The first-order valence-electron chi connectivity index (χ1n) is 10.8. The molecule has 0 spiro atoms. The van der Waals surface area contributed by atoms with Crippen LogP contribution in [0.1, 0.15) is 72.5 Å². The summed E-state index contributed by atoms with van der Waals surface area (Å²) < 4.78 is 5.97. The van der Waals surface area contributed by atoms with Crippen LogP contribution in [0.5, 0.6) is 0 Å². The Morgan fingerprint density at radius 2 is 1.86 bits per heavy atom. The number of aryl methyl sites for hydroxylation is 1. The molecule has 3 fully saturated rings. The van der Waals surface area contributed by atoms with E-state index in [-0.39, 0.29) is 17.6 Å². The van der Waals surface area contributed by atoms with Crippen molar-refractivity contribution in [2.45, 2.75) is 63.8 Å². The van der Waals surface area contributed by atoms with E-state index in [2.05, 4.69) is 12.1 Å². The first-order valence-corrected chi connectivity index (χ1v) is 11.2. The van der Waals surface area contributed by atoms with Gasteiger partial charge in [0.1, 0.15) is 5.58 Å². The van der Waals surface area contributed by atoms with Crippen molar-refractivity contribution in [3.05, 3.63) is 34.0 Å². The highest BCUT2D eigenvalue weighted by atomic mass is 35.5. The normalized spacial score (nSPS) is 21.2. The molecular weight excluding hydrogens is 388 g/mol. The molecule has 1 aromatic heterocycles. The van der Waals surface area contributed by atoms with Crippen LogP contribution in [0.15, 0.2) is 16.5 Å². The smallest absolute Gasteiger partial charge is 0.291 e. The highest BCUT2D eigenvalue weighted by molar-refractivity contribution is 6.38. The fourth-order valence-corrected chi connectivity index (χ4v) is 5.21. The van der Waals surface area contributed by atoms with Crippen molar-refractivity contribution in [2.24, 2.45) is 0 Å². The first kappa shape index (κ1) is 19.0. The fourth-order valence-electron chi connectivity index (χ4n) is 4.95. The van der Waals surface area contributed by atoms with E-state index in [4.69, 9.17) is 16.0 Å². The van der Waals surface area contributed by atoms with Crippen LogP contribution in [-0.2, 0) is 4.79 Å². The van der Waals surface area contributed by atoms with E-state index in [9.17, 15) is 9.59 Å². The molecule has 5 nitrogen and oxygen atoms in total. The van der Waals surface area contributed by atoms with Gasteiger partial charge in [-0.2, -0.15) is 0 Å². The number of carbonyl (C=O) groups excluding carboxylic acids is 2. The summed E-state index contributed by atoms with van der Waals surface area (Å²) in [6.07, 6.45) is 7.33. The van der Waals surface area contributed by atoms with E-state index in [1.54, 1.807) is 4.90 Å². The number of rotatable bonds is 3. The third-order valence-electron chi connectivity index (χ3n) is 6.76. The quantitative estimate of drug-likeness (QED) is 0.718. The zero-order valence-corrected chi connectivity index (χ0v) is 17.6. The Hall–Kier alpha value is -2.01. The second kappa shape index (κ2) is 7.35. The maximum Gasteiger partial charge on any atom is 0.291 e. The molecule has 0 unspecified atom stereocenters. The molecule has 2 aliphatic carbocycles. The number of benzene rings is 1. The number of halogens is 1. The minimum absolute atomic E-state index is 0.160. The molecule has 2 saturated carbocycles. The van der Waals surface area contributed by atoms with Gasteiger partial charge >= 0.3 is 0 Å². The molecule has 3 aliphatic rings. The van der Waals surface area contributed by atoms with Gasteiger partial charge in [0.05, 0.1) is 5.02 Å². The average molecular weight is 415 g/mol. The van der Waals surface area contributed by atoms with Gasteiger partial charge in [0.2, 0.25) is 11.7 Å². The maximum atomic E-state index is 13.2. The summed E-state index contributed by atoms with van der Waals surface area (Å²) in [5, 5.41) is 1.23. The lowest BCUT2D eigenvalue weighted by Crippen LogP contribution is -2.40. The van der Waals surface area contributed by atoms with Gasteiger partial charge in [-0.25, -0.2) is 0 Å². The minimum atomic E-state index is -0.209. The molecule has 0 radical (unpaired) electrons. The maximum absolute atomic E-state index is 13.2. The molecule has 5 rings (SSSR count). The molecule has 2 heterocycles. The summed E-state index contributed by atoms with van der Waals surface area (Å²) in [6.45, 7) is 3.55. The number of furan rings is 1. The Morgan fingerprint density at radius 3 is 2.59 bits per heavy atom. The molecule has 0 atom stereocenters. The lowest BCUT2D eigenvalue weighted by atomic mass is 10.0. The second-order valence-corrected chi connectivity index (χ2v) is 9.18. The van der Waals surface area contributed by atoms with E-state index in [0.29, 0.717) is 48.6 Å². The van der Waals surface area contributed by atoms with Crippen LogP contribution in [0.4, 0.5) is 0 Å². The summed E-state index contributed by atoms with van der Waals surface area (Å²) in [6, 6.07) is 4.57. The van der Waals surface area contributed by atoms with Gasteiger partial charge in [-0.1, -0.05) is 30.5 Å². The molecule has 1 aromatic carbocycles. The summed E-state index contributed by atoms with van der Waals surface area (Å²) in [5.74, 6) is 0.772. The van der Waals surface area contributed by atoms with Crippen LogP contribution >= 0.6 is 11.6 Å². The summed E-state index contributed by atoms with van der Waals surface area (Å²) in [5.41, 5.74) is 2.99. The van der Waals surface area contributed by atoms with E-state index in [1.807, 2.05) is 11.8 Å². The molecule has 1 saturated heterocycles. The number of carbonyl (C=O) groups is 2. The summed E-state index contributed by atoms with van der Waals surface area (Å²) in [7, 11) is 0. The first-order chi connectivity index (χ1) is 14.0. The highest BCUT2D eigenvalue weighted by Gasteiger charge is 2.33. The Labute approximate surface area is 176 Å². The summed E-state index contributed by atoms with van der Waals surface area (Å²) in [4.78, 5) is 29.6. The van der Waals surface area contributed by atoms with E-state index in [1.165, 1.54) is 31.2 Å². The topological polar surface area (TPSA) is 53.8 Å². The number of hydrogen-bond acceptors (Lipinski definition) is 3. The van der Waals surface area contributed by atoms with Crippen molar-refractivity contribution >= 4 is 34.4 Å². The predicted molar refractivity (Wildman–Crippen MR) is 112 cm³/mol. The van der Waals surface area contributed by atoms with E-state index >= 15 is 0 Å². The van der Waals surface area contributed by atoms with Crippen molar-refractivity contribution in [1.29, 1.82) is 0 Å². The van der Waals surface area contributed by atoms with Crippen LogP contribution in [0.25, 0.3) is 11.0 Å². The van der Waals surface area contributed by atoms with E-state index in [0.717, 1.165) is 23.8 Å². The van der Waals surface area contributed by atoms with Gasteiger partial charge < -0.3 is 14.2 Å². The van der Waals surface area contributed by atoms with Crippen molar-refractivity contribution in [3.63, 3.8) is 0 Å². The third-order valence-corrected chi connectivity index (χ3v) is 7.13. The predicted octanol–water partition coefficient (Wildman–Crippen LogP) is 4.89. The standard InChI is InChI=1S/C23H27ClN2O3/c1-14-12-16(15-6-7-15)13-18-20(24)22(29-21(14)18)23(28)25-9-8-19(27)26(11-10-25)17-4-2-3-5-17/h12-13,15,17H,2-11H2,1H3. The van der Waals surface area contributed by atoms with Crippen molar-refractivity contribution < 1.29 is 14.0 Å².